The van der Waals surface area contributed by atoms with Crippen LogP contribution >= 0.6 is 0 Å². The van der Waals surface area contributed by atoms with E-state index in [1.165, 1.54) is 12.3 Å². The van der Waals surface area contributed by atoms with Gasteiger partial charge in [-0.25, -0.2) is 9.78 Å². The van der Waals surface area contributed by atoms with Crippen molar-refractivity contribution in [3.63, 3.8) is 0 Å². The van der Waals surface area contributed by atoms with Crippen LogP contribution in [0.15, 0.2) is 23.4 Å². The van der Waals surface area contributed by atoms with E-state index in [0.717, 1.165) is 5.56 Å². The molecule has 8 heteroatoms. The van der Waals surface area contributed by atoms with Gasteiger partial charge in [-0.3, -0.25) is 4.72 Å². The molecule has 3 N–H and O–H groups in total. The number of carboxylic acids is 1. The minimum Gasteiger partial charge on any atom is -0.478 e. The number of aryl methyl sites for hydroxylation is 3. The van der Waals surface area contributed by atoms with Crippen molar-refractivity contribution in [2.24, 2.45) is 0 Å². The molecule has 112 valence electrons. The molecule has 2 aromatic rings. The maximum atomic E-state index is 12.3. The molecule has 0 saturated heterocycles. The number of rotatable bonds is 4. The second kappa shape index (κ2) is 5.21. The number of carbonyl (C=O) groups is 1. The number of benzene rings is 1. The Balaban J connectivity index is 2.51. The maximum Gasteiger partial charge on any atom is 0.337 e. The molecule has 21 heavy (non-hydrogen) atoms. The Bertz CT molecular complexity index is 809. The first-order valence-electron chi connectivity index (χ1n) is 6.09. The highest BCUT2D eigenvalue weighted by Crippen LogP contribution is 2.25. The van der Waals surface area contributed by atoms with Gasteiger partial charge in [0.15, 0.2) is 5.03 Å². The Morgan fingerprint density at radius 2 is 1.95 bits per heavy atom. The van der Waals surface area contributed by atoms with Gasteiger partial charge in [-0.05, 0) is 38.0 Å². The van der Waals surface area contributed by atoms with E-state index in [-0.39, 0.29) is 16.3 Å². The van der Waals surface area contributed by atoms with Crippen LogP contribution < -0.4 is 4.72 Å². The van der Waals surface area contributed by atoms with Crippen molar-refractivity contribution in [2.45, 2.75) is 25.8 Å². The quantitative estimate of drug-likeness (QED) is 0.797. The van der Waals surface area contributed by atoms with Gasteiger partial charge in [-0.1, -0.05) is 6.07 Å². The van der Waals surface area contributed by atoms with Crippen molar-refractivity contribution in [3.05, 3.63) is 40.8 Å². The first-order valence-corrected chi connectivity index (χ1v) is 7.58. The summed E-state index contributed by atoms with van der Waals surface area (Å²) >= 11 is 0. The monoisotopic (exact) mass is 309 g/mol. The fraction of sp³-hybridized carbons (Fsp3) is 0.231. The molecule has 0 unspecified atom stereocenters. The number of H-pyrrole nitrogens is 1. The van der Waals surface area contributed by atoms with Crippen LogP contribution in [-0.2, 0) is 10.0 Å². The minimum absolute atomic E-state index is 0.0559. The van der Waals surface area contributed by atoms with Gasteiger partial charge in [-0.2, -0.15) is 8.42 Å². The Kier molecular flexibility index (Phi) is 3.73. The molecule has 0 fully saturated rings. The van der Waals surface area contributed by atoms with Crippen molar-refractivity contribution in [1.29, 1.82) is 0 Å². The smallest absolute Gasteiger partial charge is 0.337 e. The zero-order valence-electron chi connectivity index (χ0n) is 11.8. The number of hydrogen-bond donors (Lipinski definition) is 3. The maximum absolute atomic E-state index is 12.3. The number of carboxylic acid groups (broad SMARTS) is 1. The average molecular weight is 309 g/mol. The summed E-state index contributed by atoms with van der Waals surface area (Å²) in [5.74, 6) is -0.741. The lowest BCUT2D eigenvalue weighted by molar-refractivity contribution is 0.0698. The van der Waals surface area contributed by atoms with E-state index in [1.807, 2.05) is 0 Å². The minimum atomic E-state index is -3.92. The normalized spacial score (nSPS) is 11.4. The van der Waals surface area contributed by atoms with E-state index < -0.39 is 16.0 Å². The Morgan fingerprint density at radius 1 is 1.29 bits per heavy atom. The molecule has 0 aliphatic carbocycles. The van der Waals surface area contributed by atoms with Gasteiger partial charge in [0.2, 0.25) is 0 Å². The van der Waals surface area contributed by atoms with Crippen LogP contribution in [0, 0.1) is 20.8 Å². The largest absolute Gasteiger partial charge is 0.478 e. The summed E-state index contributed by atoms with van der Waals surface area (Å²) in [6.07, 6.45) is 1.18. The highest BCUT2D eigenvalue weighted by atomic mass is 32.2. The lowest BCUT2D eigenvalue weighted by Gasteiger charge is -2.13. The van der Waals surface area contributed by atoms with E-state index in [1.54, 1.807) is 26.8 Å². The summed E-state index contributed by atoms with van der Waals surface area (Å²) < 4.78 is 26.8. The second-order valence-corrected chi connectivity index (χ2v) is 6.40. The van der Waals surface area contributed by atoms with E-state index in [9.17, 15) is 18.3 Å². The van der Waals surface area contributed by atoms with Crippen molar-refractivity contribution in [2.75, 3.05) is 4.72 Å². The molecule has 0 radical (unpaired) electrons. The molecule has 0 bridgehead atoms. The van der Waals surface area contributed by atoms with Crippen LogP contribution in [0.2, 0.25) is 0 Å². The number of anilines is 1. The van der Waals surface area contributed by atoms with E-state index in [2.05, 4.69) is 14.7 Å². The van der Waals surface area contributed by atoms with Crippen LogP contribution in [0.3, 0.4) is 0 Å². The topological polar surface area (TPSA) is 112 Å². The van der Waals surface area contributed by atoms with Gasteiger partial charge >= 0.3 is 5.97 Å². The van der Waals surface area contributed by atoms with Gasteiger partial charge < -0.3 is 10.1 Å². The SMILES string of the molecule is Cc1cc(C)c(NS(=O)(=O)c2cnc(C)[nH]2)c(C(=O)O)c1. The summed E-state index contributed by atoms with van der Waals surface area (Å²) in [5.41, 5.74) is 1.24. The number of nitrogens with zero attached hydrogens (tertiary/aromatic N) is 1. The number of hydrogen-bond acceptors (Lipinski definition) is 4. The summed E-state index contributed by atoms with van der Waals surface area (Å²) in [5, 5.41) is 9.12. The van der Waals surface area contributed by atoms with Crippen LogP contribution in [0.5, 0.6) is 0 Å². The van der Waals surface area contributed by atoms with Gasteiger partial charge in [0.25, 0.3) is 10.0 Å². The molecule has 0 aliphatic rings. The lowest BCUT2D eigenvalue weighted by Crippen LogP contribution is -2.17. The van der Waals surface area contributed by atoms with Crippen molar-refractivity contribution in [1.82, 2.24) is 9.97 Å². The molecule has 1 aromatic carbocycles. The zero-order chi connectivity index (χ0) is 15.8. The average Bonchev–Trinajstić information content (AvgIpc) is 2.79. The number of sulfonamides is 1. The van der Waals surface area contributed by atoms with Crippen molar-refractivity contribution >= 4 is 21.7 Å². The molecule has 0 aliphatic heterocycles. The molecule has 7 nitrogen and oxygen atoms in total. The fourth-order valence-electron chi connectivity index (χ4n) is 2.00. The van der Waals surface area contributed by atoms with Crippen LogP contribution in [-0.4, -0.2) is 29.5 Å². The lowest BCUT2D eigenvalue weighted by atomic mass is 10.0. The molecule has 0 amide bonds. The third-order valence-corrected chi connectivity index (χ3v) is 4.18. The van der Waals surface area contributed by atoms with Crippen LogP contribution in [0.4, 0.5) is 5.69 Å². The van der Waals surface area contributed by atoms with Gasteiger partial charge in [-0.15, -0.1) is 0 Å². The second-order valence-electron chi connectivity index (χ2n) is 4.75. The number of imidazole rings is 1. The summed E-state index contributed by atoms with van der Waals surface area (Å²) in [7, 11) is -3.92. The fourth-order valence-corrected chi connectivity index (χ4v) is 3.12. The molecule has 0 atom stereocenters. The summed E-state index contributed by atoms with van der Waals surface area (Å²) in [4.78, 5) is 17.7. The Morgan fingerprint density at radius 3 is 2.48 bits per heavy atom. The highest BCUT2D eigenvalue weighted by Gasteiger charge is 2.22. The summed E-state index contributed by atoms with van der Waals surface area (Å²) in [6.45, 7) is 5.02. The standard InChI is InChI=1S/C13H15N3O4S/c1-7-4-8(2)12(10(5-7)13(17)18)16-21(19,20)11-6-14-9(3)15-11/h4-6,16H,1-3H3,(H,14,15)(H,17,18). The first kappa shape index (κ1) is 15.0. The van der Waals surface area contributed by atoms with E-state index in [0.29, 0.717) is 11.4 Å². The Labute approximate surface area is 122 Å². The first-order chi connectivity index (χ1) is 9.70. The molecule has 1 heterocycles. The number of aromatic nitrogens is 2. The third kappa shape index (κ3) is 3.05. The number of aromatic carboxylic acids is 1. The molecule has 2 rings (SSSR count). The molecule has 0 saturated carbocycles. The van der Waals surface area contributed by atoms with E-state index >= 15 is 0 Å². The predicted molar refractivity (Wildman–Crippen MR) is 77.0 cm³/mol. The predicted octanol–water partition coefficient (Wildman–Crippen LogP) is 1.83. The Hall–Kier alpha value is -2.35. The summed E-state index contributed by atoms with van der Waals surface area (Å²) in [6, 6.07) is 3.13. The van der Waals surface area contributed by atoms with Crippen LogP contribution in [0.1, 0.15) is 27.3 Å². The molecular formula is C13H15N3O4S. The van der Waals surface area contributed by atoms with Gasteiger partial charge in [0.1, 0.15) is 5.82 Å². The third-order valence-electron chi connectivity index (χ3n) is 2.92. The van der Waals surface area contributed by atoms with Crippen LogP contribution in [0.25, 0.3) is 0 Å². The molecule has 1 aromatic heterocycles. The molecule has 0 spiro atoms. The van der Waals surface area contributed by atoms with E-state index in [4.69, 9.17) is 0 Å². The van der Waals surface area contributed by atoms with Gasteiger partial charge in [0, 0.05) is 0 Å². The molecular weight excluding hydrogens is 294 g/mol. The zero-order valence-corrected chi connectivity index (χ0v) is 12.6. The highest BCUT2D eigenvalue weighted by molar-refractivity contribution is 7.92. The number of nitrogens with one attached hydrogen (secondary N) is 2. The number of aromatic amines is 1. The van der Waals surface area contributed by atoms with Crippen molar-refractivity contribution < 1.29 is 18.3 Å². The van der Waals surface area contributed by atoms with Gasteiger partial charge in [0.05, 0.1) is 17.4 Å². The van der Waals surface area contributed by atoms with Crippen molar-refractivity contribution in [3.8, 4) is 0 Å².